The maximum absolute atomic E-state index is 5.50. The number of rotatable bonds is 6. The lowest BCUT2D eigenvalue weighted by molar-refractivity contribution is -0.137. The Hall–Kier alpha value is -0.160. The van der Waals surface area contributed by atoms with Gasteiger partial charge in [-0.1, -0.05) is 6.42 Å². The highest BCUT2D eigenvalue weighted by molar-refractivity contribution is 4.73. The van der Waals surface area contributed by atoms with E-state index < -0.39 is 0 Å². The maximum Gasteiger partial charge on any atom is 0.147 e. The van der Waals surface area contributed by atoms with E-state index in [4.69, 9.17) is 9.47 Å². The third-order valence-corrected chi connectivity index (χ3v) is 4.08. The zero-order valence-electron chi connectivity index (χ0n) is 11.7. The van der Waals surface area contributed by atoms with Crippen LogP contribution in [0.25, 0.3) is 0 Å². The van der Waals surface area contributed by atoms with Crippen LogP contribution in [0, 0.1) is 0 Å². The third-order valence-electron chi connectivity index (χ3n) is 4.08. The maximum atomic E-state index is 5.50. The minimum atomic E-state index is 0.354. The highest BCUT2D eigenvalue weighted by Gasteiger charge is 2.17. The molecule has 2 rings (SSSR count). The van der Waals surface area contributed by atoms with Gasteiger partial charge in [-0.3, -0.25) is 0 Å². The molecule has 2 heterocycles. The summed E-state index contributed by atoms with van der Waals surface area (Å²) in [6, 6.07) is 0.789. The van der Waals surface area contributed by atoms with Crippen LogP contribution in [0.4, 0.5) is 0 Å². The Morgan fingerprint density at radius 1 is 1.28 bits per heavy atom. The average molecular weight is 256 g/mol. The van der Waals surface area contributed by atoms with Crippen molar-refractivity contribution in [1.82, 2.24) is 10.2 Å². The fraction of sp³-hybridized carbons (Fsp3) is 1.00. The Morgan fingerprint density at radius 2 is 2.22 bits per heavy atom. The van der Waals surface area contributed by atoms with Gasteiger partial charge in [0.1, 0.15) is 6.79 Å². The molecule has 2 atom stereocenters. The molecule has 0 aromatic carbocycles. The number of ether oxygens (including phenoxy) is 2. The second kappa shape index (κ2) is 8.10. The Kier molecular flexibility index (Phi) is 6.41. The van der Waals surface area contributed by atoms with Crippen molar-refractivity contribution in [3.05, 3.63) is 0 Å². The summed E-state index contributed by atoms with van der Waals surface area (Å²) in [6.45, 7) is 8.29. The molecule has 0 aliphatic carbocycles. The molecule has 0 spiro atoms. The Morgan fingerprint density at radius 3 is 3.00 bits per heavy atom. The third kappa shape index (κ3) is 4.84. The van der Waals surface area contributed by atoms with Crippen LogP contribution >= 0.6 is 0 Å². The van der Waals surface area contributed by atoms with Gasteiger partial charge in [-0.2, -0.15) is 0 Å². The highest BCUT2D eigenvalue weighted by atomic mass is 16.7. The second-order valence-corrected chi connectivity index (χ2v) is 5.54. The Labute approximate surface area is 111 Å². The van der Waals surface area contributed by atoms with Crippen LogP contribution in [0.1, 0.15) is 39.0 Å². The lowest BCUT2D eigenvalue weighted by atomic mass is 10.0. The molecule has 2 aliphatic heterocycles. The first kappa shape index (κ1) is 14.3. The number of nitrogens with one attached hydrogen (secondary N) is 1. The predicted molar refractivity (Wildman–Crippen MR) is 72.7 cm³/mol. The number of nitrogens with zero attached hydrogens (tertiary/aromatic N) is 1. The number of hydrogen-bond acceptors (Lipinski definition) is 4. The summed E-state index contributed by atoms with van der Waals surface area (Å²) in [6.07, 6.45) is 6.80. The largest absolute Gasteiger partial charge is 0.355 e. The first-order valence-corrected chi connectivity index (χ1v) is 7.50. The van der Waals surface area contributed by atoms with Crippen molar-refractivity contribution in [3.63, 3.8) is 0 Å². The zero-order valence-corrected chi connectivity index (χ0v) is 11.7. The van der Waals surface area contributed by atoms with Crippen LogP contribution in [-0.4, -0.2) is 56.6 Å². The van der Waals surface area contributed by atoms with Crippen LogP contribution in [0.15, 0.2) is 0 Å². The van der Waals surface area contributed by atoms with Gasteiger partial charge in [-0.05, 0) is 52.2 Å². The number of likely N-dealkylation sites (tertiary alicyclic amines) is 1. The topological polar surface area (TPSA) is 33.7 Å². The quantitative estimate of drug-likeness (QED) is 0.732. The fourth-order valence-electron chi connectivity index (χ4n) is 2.82. The molecule has 106 valence electrons. The van der Waals surface area contributed by atoms with Crippen LogP contribution in [0.3, 0.4) is 0 Å². The van der Waals surface area contributed by atoms with Gasteiger partial charge >= 0.3 is 0 Å². The van der Waals surface area contributed by atoms with E-state index in [1.165, 1.54) is 38.8 Å². The zero-order chi connectivity index (χ0) is 12.6. The molecule has 0 radical (unpaired) electrons. The normalized spacial score (nSPS) is 30.5. The molecule has 2 unspecified atom stereocenters. The molecule has 2 fully saturated rings. The van der Waals surface area contributed by atoms with Gasteiger partial charge in [-0.15, -0.1) is 0 Å². The van der Waals surface area contributed by atoms with Crippen LogP contribution < -0.4 is 5.32 Å². The molecule has 2 aliphatic rings. The van der Waals surface area contributed by atoms with Crippen molar-refractivity contribution in [3.8, 4) is 0 Å². The van der Waals surface area contributed by atoms with E-state index in [0.29, 0.717) is 12.9 Å². The SMILES string of the molecule is CC1CCCCN1CCCNCC1CCOCO1. The fourth-order valence-corrected chi connectivity index (χ4v) is 2.82. The molecule has 0 amide bonds. The summed E-state index contributed by atoms with van der Waals surface area (Å²) in [7, 11) is 0. The summed E-state index contributed by atoms with van der Waals surface area (Å²) in [4.78, 5) is 2.64. The second-order valence-electron chi connectivity index (χ2n) is 5.54. The predicted octanol–water partition coefficient (Wildman–Crippen LogP) is 1.60. The molecule has 1 N–H and O–H groups in total. The molecule has 0 aromatic heterocycles. The summed E-state index contributed by atoms with van der Waals surface area (Å²) in [5.74, 6) is 0. The van der Waals surface area contributed by atoms with E-state index in [9.17, 15) is 0 Å². The summed E-state index contributed by atoms with van der Waals surface area (Å²) in [5, 5.41) is 3.50. The molecule has 0 saturated carbocycles. The smallest absolute Gasteiger partial charge is 0.147 e. The van der Waals surface area contributed by atoms with Gasteiger partial charge in [0, 0.05) is 12.6 Å². The molecule has 0 bridgehead atoms. The minimum absolute atomic E-state index is 0.354. The van der Waals surface area contributed by atoms with Gasteiger partial charge in [0.05, 0.1) is 12.7 Å². The standard InChI is InChI=1S/C14H28N2O2/c1-13-5-2-3-8-16(13)9-4-7-15-11-14-6-10-17-12-18-14/h13-15H,2-12H2,1H3. The van der Waals surface area contributed by atoms with Crippen LogP contribution in [0.2, 0.25) is 0 Å². The molecule has 2 saturated heterocycles. The van der Waals surface area contributed by atoms with Crippen molar-refractivity contribution >= 4 is 0 Å². The summed E-state index contributed by atoms with van der Waals surface area (Å²) < 4.78 is 10.7. The molecule has 18 heavy (non-hydrogen) atoms. The van der Waals surface area contributed by atoms with Gasteiger partial charge in [0.15, 0.2) is 0 Å². The van der Waals surface area contributed by atoms with E-state index in [0.717, 1.165) is 32.2 Å². The van der Waals surface area contributed by atoms with Crippen LogP contribution in [0.5, 0.6) is 0 Å². The van der Waals surface area contributed by atoms with E-state index in [2.05, 4.69) is 17.1 Å². The van der Waals surface area contributed by atoms with Crippen molar-refractivity contribution in [2.75, 3.05) is 39.6 Å². The van der Waals surface area contributed by atoms with E-state index in [1.807, 2.05) is 0 Å². The Balaban J connectivity index is 1.47. The average Bonchev–Trinajstić information content (AvgIpc) is 2.42. The van der Waals surface area contributed by atoms with Crippen molar-refractivity contribution < 1.29 is 9.47 Å². The van der Waals surface area contributed by atoms with Gasteiger partial charge in [0.25, 0.3) is 0 Å². The van der Waals surface area contributed by atoms with Gasteiger partial charge in [0.2, 0.25) is 0 Å². The number of hydrogen-bond donors (Lipinski definition) is 1. The summed E-state index contributed by atoms with van der Waals surface area (Å²) in [5.41, 5.74) is 0. The lowest BCUT2D eigenvalue weighted by Gasteiger charge is -2.33. The van der Waals surface area contributed by atoms with Gasteiger partial charge in [-0.25, -0.2) is 0 Å². The minimum Gasteiger partial charge on any atom is -0.355 e. The first-order chi connectivity index (χ1) is 8.86. The van der Waals surface area contributed by atoms with E-state index in [-0.39, 0.29) is 0 Å². The van der Waals surface area contributed by atoms with Crippen molar-refractivity contribution in [2.45, 2.75) is 51.2 Å². The molecule has 4 heteroatoms. The van der Waals surface area contributed by atoms with Crippen molar-refractivity contribution in [1.29, 1.82) is 0 Å². The highest BCUT2D eigenvalue weighted by Crippen LogP contribution is 2.16. The Bertz CT molecular complexity index is 220. The van der Waals surface area contributed by atoms with Gasteiger partial charge < -0.3 is 19.7 Å². The molecule has 4 nitrogen and oxygen atoms in total. The van der Waals surface area contributed by atoms with Crippen molar-refractivity contribution in [2.24, 2.45) is 0 Å². The van der Waals surface area contributed by atoms with E-state index in [1.54, 1.807) is 0 Å². The lowest BCUT2D eigenvalue weighted by Crippen LogP contribution is -2.39. The monoisotopic (exact) mass is 256 g/mol. The van der Waals surface area contributed by atoms with E-state index >= 15 is 0 Å². The molecule has 0 aromatic rings. The molecular weight excluding hydrogens is 228 g/mol. The number of piperidine rings is 1. The first-order valence-electron chi connectivity index (χ1n) is 7.50. The van der Waals surface area contributed by atoms with Crippen LogP contribution in [-0.2, 0) is 9.47 Å². The summed E-state index contributed by atoms with van der Waals surface area (Å²) >= 11 is 0. The molecular formula is C14H28N2O2.